The highest BCUT2D eigenvalue weighted by Crippen LogP contribution is 2.12. The number of carboxylic acids is 1. The van der Waals surface area contributed by atoms with E-state index in [0.717, 1.165) is 6.42 Å². The van der Waals surface area contributed by atoms with E-state index in [2.05, 4.69) is 12.2 Å². The van der Waals surface area contributed by atoms with Gasteiger partial charge in [0.1, 0.15) is 5.75 Å². The number of hydrogen-bond donors (Lipinski definition) is 2. The number of aliphatic carboxylic acids is 1. The summed E-state index contributed by atoms with van der Waals surface area (Å²) >= 11 is 0. The van der Waals surface area contributed by atoms with Crippen molar-refractivity contribution in [3.63, 3.8) is 0 Å². The summed E-state index contributed by atoms with van der Waals surface area (Å²) < 4.78 is 5.33. The molecule has 110 valence electrons. The molecule has 1 amide bonds. The second-order valence-corrected chi connectivity index (χ2v) is 4.53. The van der Waals surface area contributed by atoms with Crippen LogP contribution in [0.15, 0.2) is 24.3 Å². The summed E-state index contributed by atoms with van der Waals surface area (Å²) in [5, 5.41) is 11.4. The molecule has 1 aromatic carbocycles. The number of aryl methyl sites for hydroxylation is 1. The molecule has 0 saturated heterocycles. The lowest BCUT2D eigenvalue weighted by Crippen LogP contribution is -2.35. The van der Waals surface area contributed by atoms with Gasteiger partial charge in [0.2, 0.25) is 0 Å². The maximum Gasteiger partial charge on any atom is 0.308 e. The van der Waals surface area contributed by atoms with Crippen LogP contribution in [0.1, 0.15) is 25.8 Å². The van der Waals surface area contributed by atoms with E-state index in [1.54, 1.807) is 6.92 Å². The van der Waals surface area contributed by atoms with Crippen molar-refractivity contribution >= 4 is 11.9 Å². The molecule has 5 heteroatoms. The van der Waals surface area contributed by atoms with Crippen LogP contribution >= 0.6 is 0 Å². The van der Waals surface area contributed by atoms with Gasteiger partial charge in [0.25, 0.3) is 5.91 Å². The molecule has 0 heterocycles. The molecule has 2 N–H and O–H groups in total. The molecule has 0 aliphatic carbocycles. The van der Waals surface area contributed by atoms with Crippen molar-refractivity contribution in [1.82, 2.24) is 5.32 Å². The SMILES string of the molecule is CCc1ccc(OCC(=O)NCC(CC)C(=O)O)cc1. The van der Waals surface area contributed by atoms with Gasteiger partial charge in [-0.15, -0.1) is 0 Å². The van der Waals surface area contributed by atoms with Crippen LogP contribution in [0.2, 0.25) is 0 Å². The van der Waals surface area contributed by atoms with E-state index in [0.29, 0.717) is 12.2 Å². The number of nitrogens with one attached hydrogen (secondary N) is 1. The minimum absolute atomic E-state index is 0.110. The van der Waals surface area contributed by atoms with Crippen molar-refractivity contribution in [2.75, 3.05) is 13.2 Å². The van der Waals surface area contributed by atoms with Crippen molar-refractivity contribution in [2.24, 2.45) is 5.92 Å². The molecule has 0 aliphatic heterocycles. The van der Waals surface area contributed by atoms with Crippen LogP contribution in [0, 0.1) is 5.92 Å². The number of hydrogen-bond acceptors (Lipinski definition) is 3. The summed E-state index contributed by atoms with van der Waals surface area (Å²) in [6.45, 7) is 3.86. The van der Waals surface area contributed by atoms with Crippen LogP contribution in [0.25, 0.3) is 0 Å². The Balaban J connectivity index is 2.33. The molecule has 1 rings (SSSR count). The van der Waals surface area contributed by atoms with Gasteiger partial charge in [-0.2, -0.15) is 0 Å². The summed E-state index contributed by atoms with van der Waals surface area (Å²) in [5.74, 6) is -1.14. The Hall–Kier alpha value is -2.04. The van der Waals surface area contributed by atoms with Crippen LogP contribution in [0.3, 0.4) is 0 Å². The van der Waals surface area contributed by atoms with Gasteiger partial charge < -0.3 is 15.2 Å². The highest BCUT2D eigenvalue weighted by atomic mass is 16.5. The topological polar surface area (TPSA) is 75.6 Å². The zero-order valence-corrected chi connectivity index (χ0v) is 11.9. The summed E-state index contributed by atoms with van der Waals surface area (Å²) in [6, 6.07) is 7.53. The second-order valence-electron chi connectivity index (χ2n) is 4.53. The van der Waals surface area contributed by atoms with Crippen LogP contribution in [0.5, 0.6) is 5.75 Å². The van der Waals surface area contributed by atoms with Gasteiger partial charge in [-0.05, 0) is 30.5 Å². The van der Waals surface area contributed by atoms with Gasteiger partial charge in [0.15, 0.2) is 6.61 Å². The van der Waals surface area contributed by atoms with Gasteiger partial charge in [0.05, 0.1) is 5.92 Å². The molecule has 1 aromatic rings. The lowest BCUT2D eigenvalue weighted by Gasteiger charge is -2.11. The molecular weight excluding hydrogens is 258 g/mol. The minimum Gasteiger partial charge on any atom is -0.484 e. The highest BCUT2D eigenvalue weighted by molar-refractivity contribution is 5.78. The Labute approximate surface area is 118 Å². The average Bonchev–Trinajstić information content (AvgIpc) is 2.46. The number of carbonyl (C=O) groups is 2. The summed E-state index contributed by atoms with van der Waals surface area (Å²) in [7, 11) is 0. The van der Waals surface area contributed by atoms with Crippen LogP contribution in [-0.4, -0.2) is 30.1 Å². The van der Waals surface area contributed by atoms with Crippen molar-refractivity contribution < 1.29 is 19.4 Å². The van der Waals surface area contributed by atoms with Crippen molar-refractivity contribution in [3.05, 3.63) is 29.8 Å². The van der Waals surface area contributed by atoms with E-state index >= 15 is 0 Å². The first-order valence-electron chi connectivity index (χ1n) is 6.78. The third kappa shape index (κ3) is 5.30. The van der Waals surface area contributed by atoms with Gasteiger partial charge in [-0.1, -0.05) is 26.0 Å². The molecule has 0 bridgehead atoms. The van der Waals surface area contributed by atoms with E-state index < -0.39 is 11.9 Å². The van der Waals surface area contributed by atoms with Crippen LogP contribution in [0.4, 0.5) is 0 Å². The third-order valence-corrected chi connectivity index (χ3v) is 3.09. The van der Waals surface area contributed by atoms with Crippen LogP contribution in [-0.2, 0) is 16.0 Å². The quantitative estimate of drug-likeness (QED) is 0.761. The standard InChI is InChI=1S/C15H21NO4/c1-3-11-5-7-13(8-6-11)20-10-14(17)16-9-12(4-2)15(18)19/h5-8,12H,3-4,9-10H2,1-2H3,(H,16,17)(H,18,19). The molecule has 1 atom stereocenters. The predicted octanol–water partition coefficient (Wildman–Crippen LogP) is 1.85. The van der Waals surface area contributed by atoms with Crippen molar-refractivity contribution in [2.45, 2.75) is 26.7 Å². The molecule has 0 fully saturated rings. The maximum atomic E-state index is 11.6. The molecule has 0 radical (unpaired) electrons. The zero-order chi connectivity index (χ0) is 15.0. The second kappa shape index (κ2) is 8.19. The molecule has 0 spiro atoms. The molecule has 5 nitrogen and oxygen atoms in total. The Morgan fingerprint density at radius 1 is 1.25 bits per heavy atom. The maximum absolute atomic E-state index is 11.6. The van der Waals surface area contributed by atoms with Gasteiger partial charge >= 0.3 is 5.97 Å². The van der Waals surface area contributed by atoms with Gasteiger partial charge in [-0.3, -0.25) is 9.59 Å². The first-order chi connectivity index (χ1) is 9.56. The first-order valence-corrected chi connectivity index (χ1v) is 6.78. The largest absolute Gasteiger partial charge is 0.484 e. The van der Waals surface area contributed by atoms with Gasteiger partial charge in [0, 0.05) is 6.54 Å². The van der Waals surface area contributed by atoms with E-state index in [1.807, 2.05) is 24.3 Å². The molecule has 0 aromatic heterocycles. The first kappa shape index (κ1) is 16.0. The average molecular weight is 279 g/mol. The lowest BCUT2D eigenvalue weighted by molar-refractivity contribution is -0.141. The molecular formula is C15H21NO4. The van der Waals surface area contributed by atoms with E-state index in [4.69, 9.17) is 9.84 Å². The molecule has 20 heavy (non-hydrogen) atoms. The summed E-state index contributed by atoms with van der Waals surface area (Å²) in [4.78, 5) is 22.4. The van der Waals surface area contributed by atoms with E-state index in [-0.39, 0.29) is 19.1 Å². The molecule has 1 unspecified atom stereocenters. The fraction of sp³-hybridized carbons (Fsp3) is 0.467. The van der Waals surface area contributed by atoms with Crippen molar-refractivity contribution in [3.8, 4) is 5.75 Å². The number of carboxylic acid groups (broad SMARTS) is 1. The number of benzene rings is 1. The molecule has 0 saturated carbocycles. The fourth-order valence-electron chi connectivity index (χ4n) is 1.66. The smallest absolute Gasteiger partial charge is 0.308 e. The number of amides is 1. The number of ether oxygens (including phenoxy) is 1. The Morgan fingerprint density at radius 3 is 2.40 bits per heavy atom. The third-order valence-electron chi connectivity index (χ3n) is 3.09. The van der Waals surface area contributed by atoms with E-state index in [1.165, 1.54) is 5.56 Å². The Bertz CT molecular complexity index is 442. The van der Waals surface area contributed by atoms with Gasteiger partial charge in [-0.25, -0.2) is 0 Å². The van der Waals surface area contributed by atoms with E-state index in [9.17, 15) is 9.59 Å². The Kier molecular flexibility index (Phi) is 6.56. The van der Waals surface area contributed by atoms with Crippen LogP contribution < -0.4 is 10.1 Å². The monoisotopic (exact) mass is 279 g/mol. The summed E-state index contributed by atoms with van der Waals surface area (Å²) in [6.07, 6.45) is 1.43. The highest BCUT2D eigenvalue weighted by Gasteiger charge is 2.15. The number of carbonyl (C=O) groups excluding carboxylic acids is 1. The minimum atomic E-state index is -0.899. The fourth-order valence-corrected chi connectivity index (χ4v) is 1.66. The molecule has 0 aliphatic rings. The lowest BCUT2D eigenvalue weighted by atomic mass is 10.1. The number of rotatable bonds is 8. The zero-order valence-electron chi connectivity index (χ0n) is 11.9. The normalized spacial score (nSPS) is 11.7. The van der Waals surface area contributed by atoms with Crippen molar-refractivity contribution in [1.29, 1.82) is 0 Å². The predicted molar refractivity (Wildman–Crippen MR) is 75.7 cm³/mol. The Morgan fingerprint density at radius 2 is 1.90 bits per heavy atom. The summed E-state index contributed by atoms with van der Waals surface area (Å²) in [5.41, 5.74) is 1.20.